The van der Waals surface area contributed by atoms with E-state index in [4.69, 9.17) is 4.74 Å². The highest BCUT2D eigenvalue weighted by molar-refractivity contribution is 5.77. The fourth-order valence-corrected chi connectivity index (χ4v) is 3.52. The molecule has 2 aliphatic rings. The highest BCUT2D eigenvalue weighted by atomic mass is 16.5. The Labute approximate surface area is 125 Å². The van der Waals surface area contributed by atoms with Crippen molar-refractivity contribution < 1.29 is 9.53 Å². The highest BCUT2D eigenvalue weighted by Gasteiger charge is 2.37. The van der Waals surface area contributed by atoms with Crippen LogP contribution in [-0.2, 0) is 4.79 Å². The van der Waals surface area contributed by atoms with Gasteiger partial charge in [-0.05, 0) is 43.4 Å². The average molecular weight is 289 g/mol. The van der Waals surface area contributed by atoms with E-state index in [0.29, 0.717) is 23.3 Å². The van der Waals surface area contributed by atoms with E-state index in [2.05, 4.69) is 21.6 Å². The molecule has 0 bridgehead atoms. The molecule has 0 aromatic heterocycles. The molecule has 5 heteroatoms. The van der Waals surface area contributed by atoms with E-state index in [9.17, 15) is 4.79 Å². The minimum absolute atomic E-state index is 0.527. The maximum absolute atomic E-state index is 10.6. The van der Waals surface area contributed by atoms with Crippen LogP contribution < -0.4 is 20.3 Å². The van der Waals surface area contributed by atoms with Crippen molar-refractivity contribution in [1.82, 2.24) is 5.32 Å². The number of rotatable bonds is 4. The fourth-order valence-electron chi connectivity index (χ4n) is 3.52. The molecule has 2 heterocycles. The van der Waals surface area contributed by atoms with Crippen LogP contribution in [-0.4, -0.2) is 39.7 Å². The lowest BCUT2D eigenvalue weighted by atomic mass is 9.78. The summed E-state index contributed by atoms with van der Waals surface area (Å²) in [6.07, 6.45) is 4.48. The van der Waals surface area contributed by atoms with Crippen molar-refractivity contribution in [1.29, 1.82) is 0 Å². The Kier molecular flexibility index (Phi) is 4.01. The zero-order valence-corrected chi connectivity index (χ0v) is 12.5. The van der Waals surface area contributed by atoms with Gasteiger partial charge in [0.25, 0.3) is 0 Å². The predicted molar refractivity (Wildman–Crippen MR) is 84.0 cm³/mol. The Morgan fingerprint density at radius 3 is 2.76 bits per heavy atom. The summed E-state index contributed by atoms with van der Waals surface area (Å²) in [7, 11) is 1.63. The van der Waals surface area contributed by atoms with Crippen LogP contribution in [0.15, 0.2) is 18.2 Å². The summed E-state index contributed by atoms with van der Waals surface area (Å²) in [5, 5.41) is 6.16. The number of methoxy groups -OCH3 is 1. The summed E-state index contributed by atoms with van der Waals surface area (Å²) in [6.45, 7) is 4.52. The van der Waals surface area contributed by atoms with E-state index in [0.717, 1.165) is 13.1 Å². The zero-order chi connectivity index (χ0) is 14.7. The van der Waals surface area contributed by atoms with Gasteiger partial charge in [0.15, 0.2) is 0 Å². The number of nitrogens with one attached hydrogen (secondary N) is 2. The van der Waals surface area contributed by atoms with E-state index >= 15 is 0 Å². The molecule has 0 radical (unpaired) electrons. The standard InChI is InChI=1S/C16H23N3O2/c1-21-15-10-13(2-3-14(15)18-12-20)19-8-5-16(6-9-19)4-7-17-11-16/h2-3,10,12,17H,4-9,11H2,1H3,(H,18,20). The molecule has 1 aromatic carbocycles. The van der Waals surface area contributed by atoms with Crippen LogP contribution in [0.25, 0.3) is 0 Å². The number of carbonyl (C=O) groups excluding carboxylic acids is 1. The van der Waals surface area contributed by atoms with Gasteiger partial charge in [-0.3, -0.25) is 4.79 Å². The second kappa shape index (κ2) is 5.93. The molecular weight excluding hydrogens is 266 g/mol. The Bertz CT molecular complexity index is 502. The molecule has 0 unspecified atom stereocenters. The maximum atomic E-state index is 10.6. The van der Waals surface area contributed by atoms with Gasteiger partial charge in [-0.15, -0.1) is 0 Å². The van der Waals surface area contributed by atoms with E-state index in [1.54, 1.807) is 7.11 Å². The van der Waals surface area contributed by atoms with E-state index in [1.807, 2.05) is 12.1 Å². The number of hydrogen-bond acceptors (Lipinski definition) is 4. The average Bonchev–Trinajstić information content (AvgIpc) is 2.97. The third kappa shape index (κ3) is 2.83. The highest BCUT2D eigenvalue weighted by Crippen LogP contribution is 2.39. The molecule has 114 valence electrons. The molecule has 2 aliphatic heterocycles. The summed E-state index contributed by atoms with van der Waals surface area (Å²) < 4.78 is 5.36. The van der Waals surface area contributed by atoms with Gasteiger partial charge in [-0.2, -0.15) is 0 Å². The van der Waals surface area contributed by atoms with Crippen LogP contribution >= 0.6 is 0 Å². The van der Waals surface area contributed by atoms with Gasteiger partial charge in [0, 0.05) is 31.4 Å². The molecular formula is C16H23N3O2. The van der Waals surface area contributed by atoms with Crippen molar-refractivity contribution in [3.05, 3.63) is 18.2 Å². The smallest absolute Gasteiger partial charge is 0.211 e. The van der Waals surface area contributed by atoms with Crippen LogP contribution in [0.5, 0.6) is 5.75 Å². The number of ether oxygens (including phenoxy) is 1. The molecule has 3 rings (SSSR count). The number of piperidine rings is 1. The zero-order valence-electron chi connectivity index (χ0n) is 12.5. The molecule has 5 nitrogen and oxygen atoms in total. The Hall–Kier alpha value is -1.75. The van der Waals surface area contributed by atoms with E-state index < -0.39 is 0 Å². The molecule has 1 spiro atoms. The fraction of sp³-hybridized carbons (Fsp3) is 0.562. The van der Waals surface area contributed by atoms with Crippen LogP contribution in [0, 0.1) is 5.41 Å². The van der Waals surface area contributed by atoms with Crippen LogP contribution in [0.1, 0.15) is 19.3 Å². The second-order valence-electron chi connectivity index (χ2n) is 6.06. The molecule has 2 fully saturated rings. The first-order valence-electron chi connectivity index (χ1n) is 7.60. The predicted octanol–water partition coefficient (Wildman–Crippen LogP) is 1.84. The number of nitrogens with zero attached hydrogens (tertiary/aromatic N) is 1. The van der Waals surface area contributed by atoms with Crippen molar-refractivity contribution in [3.63, 3.8) is 0 Å². The normalized spacial score (nSPS) is 20.5. The molecule has 0 aliphatic carbocycles. The molecule has 2 N–H and O–H groups in total. The topological polar surface area (TPSA) is 53.6 Å². The molecule has 1 amide bonds. The first-order chi connectivity index (χ1) is 10.3. The van der Waals surface area contributed by atoms with Gasteiger partial charge < -0.3 is 20.3 Å². The van der Waals surface area contributed by atoms with Gasteiger partial charge in [-0.1, -0.05) is 0 Å². The molecule has 2 saturated heterocycles. The monoisotopic (exact) mass is 289 g/mol. The summed E-state index contributed by atoms with van der Waals surface area (Å²) >= 11 is 0. The van der Waals surface area contributed by atoms with Crippen molar-refractivity contribution in [3.8, 4) is 5.75 Å². The summed E-state index contributed by atoms with van der Waals surface area (Å²) in [6, 6.07) is 5.97. The van der Waals surface area contributed by atoms with Gasteiger partial charge in [-0.25, -0.2) is 0 Å². The Morgan fingerprint density at radius 2 is 2.14 bits per heavy atom. The quantitative estimate of drug-likeness (QED) is 0.831. The molecule has 1 aromatic rings. The van der Waals surface area contributed by atoms with Crippen molar-refractivity contribution in [2.45, 2.75) is 19.3 Å². The lowest BCUT2D eigenvalue weighted by Crippen LogP contribution is -2.41. The maximum Gasteiger partial charge on any atom is 0.211 e. The van der Waals surface area contributed by atoms with Gasteiger partial charge in [0.05, 0.1) is 12.8 Å². The number of carbonyl (C=O) groups is 1. The number of amides is 1. The number of hydrogen-bond donors (Lipinski definition) is 2. The van der Waals surface area contributed by atoms with Crippen LogP contribution in [0.4, 0.5) is 11.4 Å². The Morgan fingerprint density at radius 1 is 1.33 bits per heavy atom. The summed E-state index contributed by atoms with van der Waals surface area (Å²) in [4.78, 5) is 13.0. The van der Waals surface area contributed by atoms with Gasteiger partial charge in [0.1, 0.15) is 5.75 Å². The van der Waals surface area contributed by atoms with Crippen molar-refractivity contribution in [2.24, 2.45) is 5.41 Å². The summed E-state index contributed by atoms with van der Waals surface area (Å²) in [5.41, 5.74) is 2.41. The molecule has 0 atom stereocenters. The van der Waals surface area contributed by atoms with Crippen molar-refractivity contribution >= 4 is 17.8 Å². The van der Waals surface area contributed by atoms with Gasteiger partial charge >= 0.3 is 0 Å². The minimum Gasteiger partial charge on any atom is -0.494 e. The first kappa shape index (κ1) is 14.2. The van der Waals surface area contributed by atoms with E-state index in [1.165, 1.54) is 38.0 Å². The van der Waals surface area contributed by atoms with Crippen LogP contribution in [0.2, 0.25) is 0 Å². The first-order valence-corrected chi connectivity index (χ1v) is 7.60. The second-order valence-corrected chi connectivity index (χ2v) is 6.06. The SMILES string of the molecule is COc1cc(N2CCC3(CCNC3)CC2)ccc1NC=O. The Balaban J connectivity index is 1.71. The number of anilines is 2. The lowest BCUT2D eigenvalue weighted by molar-refractivity contribution is -0.105. The molecule has 0 saturated carbocycles. The third-order valence-electron chi connectivity index (χ3n) is 4.92. The molecule has 21 heavy (non-hydrogen) atoms. The summed E-state index contributed by atoms with van der Waals surface area (Å²) in [5.74, 6) is 0.711. The number of benzene rings is 1. The van der Waals surface area contributed by atoms with Gasteiger partial charge in [0.2, 0.25) is 6.41 Å². The third-order valence-corrected chi connectivity index (χ3v) is 4.92. The largest absolute Gasteiger partial charge is 0.494 e. The minimum atomic E-state index is 0.527. The lowest BCUT2D eigenvalue weighted by Gasteiger charge is -2.40. The van der Waals surface area contributed by atoms with Crippen molar-refractivity contribution in [2.75, 3.05) is 43.5 Å². The van der Waals surface area contributed by atoms with Crippen LogP contribution in [0.3, 0.4) is 0 Å². The van der Waals surface area contributed by atoms with E-state index in [-0.39, 0.29) is 0 Å².